The molecule has 0 aliphatic rings. The zero-order valence-electron chi connectivity index (χ0n) is 15.2. The van der Waals surface area contributed by atoms with Crippen LogP contribution in [0.15, 0.2) is 54.0 Å². The van der Waals surface area contributed by atoms with E-state index in [0.29, 0.717) is 11.7 Å². The van der Waals surface area contributed by atoms with E-state index in [-0.39, 0.29) is 0 Å². The molecule has 0 aliphatic carbocycles. The first-order chi connectivity index (χ1) is 12.5. The quantitative estimate of drug-likeness (QED) is 0.522. The van der Waals surface area contributed by atoms with Crippen molar-refractivity contribution in [2.75, 3.05) is 20.6 Å². The first kappa shape index (κ1) is 17.0. The first-order valence-corrected chi connectivity index (χ1v) is 9.65. The molecule has 1 N–H and O–H groups in total. The van der Waals surface area contributed by atoms with Crippen molar-refractivity contribution < 1.29 is 5.11 Å². The van der Waals surface area contributed by atoms with E-state index < -0.39 is 0 Å². The zero-order valence-corrected chi connectivity index (χ0v) is 16.0. The highest BCUT2D eigenvalue weighted by Crippen LogP contribution is 2.40. The van der Waals surface area contributed by atoms with Crippen molar-refractivity contribution in [3.8, 4) is 16.9 Å². The summed E-state index contributed by atoms with van der Waals surface area (Å²) in [4.78, 5) is 6.78. The maximum atomic E-state index is 10.6. The number of pyridine rings is 1. The van der Waals surface area contributed by atoms with E-state index >= 15 is 0 Å². The fourth-order valence-electron chi connectivity index (χ4n) is 3.64. The summed E-state index contributed by atoms with van der Waals surface area (Å²) in [5.74, 6) is 0.762. The van der Waals surface area contributed by atoms with Crippen molar-refractivity contribution in [1.29, 1.82) is 0 Å². The largest absolute Gasteiger partial charge is 0.507 e. The number of phenols is 1. The molecule has 4 heteroatoms. The lowest BCUT2D eigenvalue weighted by Crippen LogP contribution is -2.18. The summed E-state index contributed by atoms with van der Waals surface area (Å²) >= 11 is 1.68. The highest BCUT2D eigenvalue weighted by molar-refractivity contribution is 7.17. The van der Waals surface area contributed by atoms with Crippen LogP contribution in [0, 0.1) is 0 Å². The van der Waals surface area contributed by atoms with Gasteiger partial charge in [0.2, 0.25) is 0 Å². The van der Waals surface area contributed by atoms with E-state index in [1.807, 2.05) is 12.3 Å². The monoisotopic (exact) mass is 362 g/mol. The Labute approximate surface area is 157 Å². The number of rotatable bonds is 4. The van der Waals surface area contributed by atoms with Crippen molar-refractivity contribution in [3.05, 3.63) is 59.6 Å². The Morgan fingerprint density at radius 2 is 1.85 bits per heavy atom. The van der Waals surface area contributed by atoms with Gasteiger partial charge in [-0.25, -0.2) is 0 Å². The van der Waals surface area contributed by atoms with Crippen molar-refractivity contribution in [2.45, 2.75) is 12.8 Å². The number of thiophene rings is 1. The van der Waals surface area contributed by atoms with Crippen LogP contribution in [0.5, 0.6) is 5.75 Å². The SMILES string of the molecule is C[C@H](CN(C)C)c1ccc(-c2c(O)ccc3ncc4sccc4c23)cc1. The van der Waals surface area contributed by atoms with Gasteiger partial charge in [-0.05, 0) is 54.7 Å². The third-order valence-electron chi connectivity index (χ3n) is 4.85. The van der Waals surface area contributed by atoms with Gasteiger partial charge in [-0.1, -0.05) is 31.2 Å². The molecule has 0 amide bonds. The van der Waals surface area contributed by atoms with Crippen LogP contribution < -0.4 is 0 Å². The van der Waals surface area contributed by atoms with Crippen LogP contribution >= 0.6 is 11.3 Å². The molecule has 0 unspecified atom stereocenters. The lowest BCUT2D eigenvalue weighted by molar-refractivity contribution is 0.383. The van der Waals surface area contributed by atoms with Crippen LogP contribution in [0.2, 0.25) is 0 Å². The molecule has 0 fully saturated rings. The average molecular weight is 362 g/mol. The first-order valence-electron chi connectivity index (χ1n) is 8.77. The predicted molar refractivity (Wildman–Crippen MR) is 111 cm³/mol. The minimum Gasteiger partial charge on any atom is -0.507 e. The Bertz CT molecular complexity index is 1070. The molecule has 2 aromatic carbocycles. The van der Waals surface area contributed by atoms with Crippen molar-refractivity contribution >= 4 is 32.3 Å². The number of phenolic OH excluding ortho intramolecular Hbond substituents is 1. The molecular formula is C22H22N2OS. The van der Waals surface area contributed by atoms with E-state index in [1.165, 1.54) is 5.56 Å². The van der Waals surface area contributed by atoms with Crippen LogP contribution in [0.1, 0.15) is 18.4 Å². The van der Waals surface area contributed by atoms with Gasteiger partial charge in [0.15, 0.2) is 0 Å². The van der Waals surface area contributed by atoms with Gasteiger partial charge in [-0.15, -0.1) is 11.3 Å². The number of hydrogen-bond donors (Lipinski definition) is 1. The van der Waals surface area contributed by atoms with Crippen molar-refractivity contribution in [1.82, 2.24) is 9.88 Å². The Hall–Kier alpha value is -2.43. The molecule has 2 heterocycles. The topological polar surface area (TPSA) is 36.4 Å². The second kappa shape index (κ2) is 6.71. The molecule has 26 heavy (non-hydrogen) atoms. The number of fused-ring (bicyclic) bond motifs is 3. The lowest BCUT2D eigenvalue weighted by atomic mass is 9.94. The molecule has 3 nitrogen and oxygen atoms in total. The molecule has 4 aromatic rings. The summed E-state index contributed by atoms with van der Waals surface area (Å²) < 4.78 is 1.14. The van der Waals surface area contributed by atoms with Gasteiger partial charge in [0.1, 0.15) is 5.75 Å². The third kappa shape index (κ3) is 2.96. The minimum absolute atomic E-state index is 0.298. The Kier molecular flexibility index (Phi) is 4.39. The van der Waals surface area contributed by atoms with Crippen LogP contribution in [-0.4, -0.2) is 35.6 Å². The van der Waals surface area contributed by atoms with Gasteiger partial charge in [0.25, 0.3) is 0 Å². The lowest BCUT2D eigenvalue weighted by Gasteiger charge is -2.18. The van der Waals surface area contributed by atoms with E-state index in [1.54, 1.807) is 17.4 Å². The molecule has 2 aromatic heterocycles. The smallest absolute Gasteiger partial charge is 0.124 e. The maximum Gasteiger partial charge on any atom is 0.124 e. The normalized spacial score (nSPS) is 12.9. The predicted octanol–water partition coefficient (Wildman–Crippen LogP) is 5.49. The minimum atomic E-state index is 0.298. The highest BCUT2D eigenvalue weighted by Gasteiger charge is 2.15. The summed E-state index contributed by atoms with van der Waals surface area (Å²) in [5, 5.41) is 14.9. The maximum absolute atomic E-state index is 10.6. The Morgan fingerprint density at radius 3 is 2.58 bits per heavy atom. The van der Waals surface area contributed by atoms with E-state index in [4.69, 9.17) is 0 Å². The Balaban J connectivity index is 1.86. The van der Waals surface area contributed by atoms with Crippen LogP contribution in [0.4, 0.5) is 0 Å². The summed E-state index contributed by atoms with van der Waals surface area (Å²) in [5.41, 5.74) is 4.11. The number of aromatic nitrogens is 1. The van der Waals surface area contributed by atoms with Gasteiger partial charge >= 0.3 is 0 Å². The fourth-order valence-corrected chi connectivity index (χ4v) is 4.40. The van der Waals surface area contributed by atoms with Crippen LogP contribution in [-0.2, 0) is 0 Å². The van der Waals surface area contributed by atoms with Crippen molar-refractivity contribution in [3.63, 3.8) is 0 Å². The molecule has 0 aliphatic heterocycles. The third-order valence-corrected chi connectivity index (χ3v) is 5.71. The molecular weight excluding hydrogens is 340 g/mol. The molecule has 0 saturated heterocycles. The number of benzene rings is 2. The number of aromatic hydroxyl groups is 1. The molecule has 0 bridgehead atoms. The average Bonchev–Trinajstić information content (AvgIpc) is 3.10. The van der Waals surface area contributed by atoms with Crippen LogP contribution in [0.3, 0.4) is 0 Å². The summed E-state index contributed by atoms with van der Waals surface area (Å²) in [6, 6.07) is 14.3. The van der Waals surface area contributed by atoms with Gasteiger partial charge in [0.05, 0.1) is 10.2 Å². The van der Waals surface area contributed by atoms with Crippen molar-refractivity contribution in [2.24, 2.45) is 0 Å². The molecule has 4 rings (SSSR count). The fraction of sp³-hybridized carbons (Fsp3) is 0.227. The summed E-state index contributed by atoms with van der Waals surface area (Å²) in [7, 11) is 4.19. The van der Waals surface area contributed by atoms with Gasteiger partial charge in [-0.2, -0.15) is 0 Å². The number of likely N-dealkylation sites (N-methyl/N-ethyl adjacent to an activating group) is 1. The van der Waals surface area contributed by atoms with Gasteiger partial charge in [0, 0.05) is 29.1 Å². The van der Waals surface area contributed by atoms with E-state index in [2.05, 4.69) is 66.6 Å². The molecule has 0 spiro atoms. The second-order valence-corrected chi connectivity index (χ2v) is 8.04. The van der Waals surface area contributed by atoms with Gasteiger partial charge in [-0.3, -0.25) is 4.98 Å². The molecule has 0 radical (unpaired) electrons. The molecule has 1 atom stereocenters. The molecule has 132 valence electrons. The standard InChI is InChI=1S/C22H22N2OS/c1-14(13-24(2)3)15-4-6-16(7-5-15)21-19(25)9-8-18-22(21)17-10-11-26-20(17)12-23-18/h4-12,14,25H,13H2,1-3H3/t14-/m1/s1. The zero-order chi connectivity index (χ0) is 18.3. The van der Waals surface area contributed by atoms with E-state index in [9.17, 15) is 5.11 Å². The highest BCUT2D eigenvalue weighted by atomic mass is 32.1. The summed E-state index contributed by atoms with van der Waals surface area (Å²) in [6.07, 6.45) is 1.91. The number of nitrogens with zero attached hydrogens (tertiary/aromatic N) is 2. The van der Waals surface area contributed by atoms with Crippen LogP contribution in [0.25, 0.3) is 32.1 Å². The Morgan fingerprint density at radius 1 is 1.08 bits per heavy atom. The summed E-state index contributed by atoms with van der Waals surface area (Å²) in [6.45, 7) is 3.25. The second-order valence-electron chi connectivity index (χ2n) is 7.10. The van der Waals surface area contributed by atoms with E-state index in [0.717, 1.165) is 38.7 Å². The number of hydrogen-bond acceptors (Lipinski definition) is 4. The molecule has 0 saturated carbocycles. The van der Waals surface area contributed by atoms with Gasteiger partial charge < -0.3 is 10.0 Å².